The molecule has 1 aromatic carbocycles. The van der Waals surface area contributed by atoms with Gasteiger partial charge in [0.1, 0.15) is 0 Å². The van der Waals surface area contributed by atoms with E-state index in [1.165, 1.54) is 11.4 Å². The molecule has 0 bridgehead atoms. The summed E-state index contributed by atoms with van der Waals surface area (Å²) in [5.41, 5.74) is 2.45. The Labute approximate surface area is 203 Å². The first-order chi connectivity index (χ1) is 14.6. The van der Waals surface area contributed by atoms with E-state index in [1.54, 1.807) is 0 Å². The third-order valence-corrected chi connectivity index (χ3v) is 5.49. The van der Waals surface area contributed by atoms with Crippen molar-refractivity contribution in [2.75, 3.05) is 51.2 Å². The number of amides is 1. The molecule has 1 aliphatic heterocycles. The van der Waals surface area contributed by atoms with Crippen LogP contribution >= 0.6 is 24.0 Å². The summed E-state index contributed by atoms with van der Waals surface area (Å²) in [4.78, 5) is 23.7. The highest BCUT2D eigenvalue weighted by Gasteiger charge is 2.21. The van der Waals surface area contributed by atoms with Crippen molar-refractivity contribution in [3.05, 3.63) is 54.4 Å². The number of piperazine rings is 1. The molecule has 8 heteroatoms. The summed E-state index contributed by atoms with van der Waals surface area (Å²) in [5.74, 6) is 1.02. The van der Waals surface area contributed by atoms with E-state index < -0.39 is 0 Å². The number of carbonyl (C=O) groups is 1. The zero-order valence-corrected chi connectivity index (χ0v) is 21.2. The summed E-state index contributed by atoms with van der Waals surface area (Å²) < 4.78 is 2.11. The molecule has 0 atom stereocenters. The highest BCUT2D eigenvalue weighted by Crippen LogP contribution is 2.15. The third kappa shape index (κ3) is 7.15. The molecule has 0 spiro atoms. The van der Waals surface area contributed by atoms with Gasteiger partial charge in [0, 0.05) is 70.8 Å². The second-order valence-electron chi connectivity index (χ2n) is 7.66. The number of hydrogen-bond donors (Lipinski definition) is 1. The van der Waals surface area contributed by atoms with E-state index >= 15 is 0 Å². The number of anilines is 1. The number of nitrogens with zero attached hydrogens (tertiary/aromatic N) is 5. The van der Waals surface area contributed by atoms with Crippen molar-refractivity contribution in [2.24, 2.45) is 12.0 Å². The average Bonchev–Trinajstić information content (AvgIpc) is 3.18. The maximum absolute atomic E-state index is 12.7. The lowest BCUT2D eigenvalue weighted by molar-refractivity contribution is -0.131. The zero-order valence-electron chi connectivity index (χ0n) is 18.8. The summed E-state index contributed by atoms with van der Waals surface area (Å²) in [6.45, 7) is 7.41. The average molecular weight is 538 g/mol. The second-order valence-corrected chi connectivity index (χ2v) is 7.66. The Bertz CT molecular complexity index is 830. The summed E-state index contributed by atoms with van der Waals surface area (Å²) in [5, 5.41) is 3.33. The van der Waals surface area contributed by atoms with Crippen LogP contribution in [0.25, 0.3) is 0 Å². The molecule has 3 rings (SSSR count). The largest absolute Gasteiger partial charge is 0.368 e. The molecule has 31 heavy (non-hydrogen) atoms. The summed E-state index contributed by atoms with van der Waals surface area (Å²) in [7, 11) is 4.07. The van der Waals surface area contributed by atoms with Crippen LogP contribution in [0.15, 0.2) is 53.7 Å². The van der Waals surface area contributed by atoms with Crippen LogP contribution in [0, 0.1) is 0 Å². The fourth-order valence-electron chi connectivity index (χ4n) is 3.72. The molecule has 7 nitrogen and oxygen atoms in total. The first-order valence-corrected chi connectivity index (χ1v) is 10.8. The number of aromatic nitrogens is 1. The molecule has 170 valence electrons. The highest BCUT2D eigenvalue weighted by molar-refractivity contribution is 14.0. The van der Waals surface area contributed by atoms with Gasteiger partial charge in [-0.1, -0.05) is 18.2 Å². The molecule has 0 saturated carbocycles. The van der Waals surface area contributed by atoms with Crippen molar-refractivity contribution >= 4 is 41.5 Å². The first-order valence-electron chi connectivity index (χ1n) is 10.8. The van der Waals surface area contributed by atoms with Crippen LogP contribution in [0.1, 0.15) is 19.0 Å². The van der Waals surface area contributed by atoms with Gasteiger partial charge in [-0.15, -0.1) is 24.0 Å². The fraction of sp³-hybridized carbons (Fsp3) is 0.478. The number of rotatable bonds is 7. The molecule has 2 heterocycles. The van der Waals surface area contributed by atoms with Gasteiger partial charge in [0.05, 0.1) is 13.1 Å². The van der Waals surface area contributed by atoms with E-state index in [2.05, 4.69) is 61.9 Å². The van der Waals surface area contributed by atoms with Gasteiger partial charge in [-0.05, 0) is 31.2 Å². The van der Waals surface area contributed by atoms with E-state index in [4.69, 9.17) is 0 Å². The minimum absolute atomic E-state index is 0. The molecule has 0 unspecified atom stereocenters. The summed E-state index contributed by atoms with van der Waals surface area (Å²) >= 11 is 0. The number of carbonyl (C=O) groups excluding carboxylic acids is 1. The number of para-hydroxylation sites is 1. The van der Waals surface area contributed by atoms with Gasteiger partial charge in [0.25, 0.3) is 0 Å². The lowest BCUT2D eigenvalue weighted by atomic mass is 10.2. The van der Waals surface area contributed by atoms with Gasteiger partial charge in [0.2, 0.25) is 5.91 Å². The van der Waals surface area contributed by atoms with E-state index in [9.17, 15) is 4.79 Å². The van der Waals surface area contributed by atoms with Crippen LogP contribution in [-0.2, 0) is 18.4 Å². The van der Waals surface area contributed by atoms with Gasteiger partial charge < -0.3 is 24.6 Å². The number of guanidine groups is 1. The van der Waals surface area contributed by atoms with Crippen LogP contribution in [0.3, 0.4) is 0 Å². The van der Waals surface area contributed by atoms with Crippen molar-refractivity contribution in [3.8, 4) is 0 Å². The molecule has 0 radical (unpaired) electrons. The Hall–Kier alpha value is -2.23. The van der Waals surface area contributed by atoms with Crippen molar-refractivity contribution in [3.63, 3.8) is 0 Å². The number of halogens is 1. The number of benzene rings is 1. The fourth-order valence-corrected chi connectivity index (χ4v) is 3.72. The molecule has 1 N–H and O–H groups in total. The molecule has 1 saturated heterocycles. The van der Waals surface area contributed by atoms with Crippen molar-refractivity contribution < 1.29 is 4.79 Å². The van der Waals surface area contributed by atoms with E-state index in [0.29, 0.717) is 13.0 Å². The van der Waals surface area contributed by atoms with Gasteiger partial charge in [-0.3, -0.25) is 9.79 Å². The summed E-state index contributed by atoms with van der Waals surface area (Å²) in [6.07, 6.45) is 2.49. The smallest absolute Gasteiger partial charge is 0.224 e. The van der Waals surface area contributed by atoms with Gasteiger partial charge >= 0.3 is 0 Å². The Morgan fingerprint density at radius 2 is 1.81 bits per heavy atom. The molecular formula is C23H35IN6O. The zero-order chi connectivity index (χ0) is 21.3. The molecule has 2 aromatic rings. The van der Waals surface area contributed by atoms with Crippen LogP contribution in [0.5, 0.6) is 0 Å². The van der Waals surface area contributed by atoms with Crippen LogP contribution in [0.4, 0.5) is 5.69 Å². The molecule has 0 aliphatic carbocycles. The lowest BCUT2D eigenvalue weighted by Gasteiger charge is -2.36. The van der Waals surface area contributed by atoms with E-state index in [1.807, 2.05) is 37.3 Å². The molecule has 1 aliphatic rings. The topological polar surface area (TPSA) is 56.1 Å². The molecule has 1 aromatic heterocycles. The number of aliphatic imine (C=N–C) groups is 1. The SMILES string of the molecule is CCNC(=NCCC(=O)N1CCN(c2ccccc2)CC1)N(C)Cc1cccn1C.I. The minimum atomic E-state index is 0. The Morgan fingerprint density at radius 3 is 2.42 bits per heavy atom. The maximum atomic E-state index is 12.7. The van der Waals surface area contributed by atoms with Crippen LogP contribution in [0.2, 0.25) is 0 Å². The second kappa shape index (κ2) is 12.6. The molecular weight excluding hydrogens is 503 g/mol. The maximum Gasteiger partial charge on any atom is 0.224 e. The van der Waals surface area contributed by atoms with E-state index in [0.717, 1.165) is 45.2 Å². The van der Waals surface area contributed by atoms with E-state index in [-0.39, 0.29) is 29.9 Å². The summed E-state index contributed by atoms with van der Waals surface area (Å²) in [6, 6.07) is 14.6. The Balaban J connectivity index is 0.00000341. The van der Waals surface area contributed by atoms with Crippen LogP contribution < -0.4 is 10.2 Å². The van der Waals surface area contributed by atoms with Crippen molar-refractivity contribution in [2.45, 2.75) is 19.9 Å². The normalized spacial score (nSPS) is 14.2. The predicted octanol–water partition coefficient (Wildman–Crippen LogP) is 2.78. The first kappa shape index (κ1) is 25.0. The standard InChI is InChI=1S/C23H34N6O.HI/c1-4-24-23(27(3)19-21-11-8-14-26(21)2)25-13-12-22(30)29-17-15-28(16-18-29)20-9-6-5-7-10-20;/h5-11,14H,4,12-13,15-19H2,1-3H3,(H,24,25);1H. The van der Waals surface area contributed by atoms with Crippen LogP contribution in [-0.4, -0.2) is 72.5 Å². The third-order valence-electron chi connectivity index (χ3n) is 5.49. The van der Waals surface area contributed by atoms with Crippen molar-refractivity contribution in [1.82, 2.24) is 19.7 Å². The monoisotopic (exact) mass is 538 g/mol. The molecule has 1 fully saturated rings. The number of aryl methyl sites for hydroxylation is 1. The van der Waals surface area contributed by atoms with Gasteiger partial charge in [-0.25, -0.2) is 0 Å². The van der Waals surface area contributed by atoms with Gasteiger partial charge in [-0.2, -0.15) is 0 Å². The number of nitrogens with one attached hydrogen (secondary N) is 1. The highest BCUT2D eigenvalue weighted by atomic mass is 127. The van der Waals surface area contributed by atoms with Crippen molar-refractivity contribution in [1.29, 1.82) is 0 Å². The predicted molar refractivity (Wildman–Crippen MR) is 138 cm³/mol. The quantitative estimate of drug-likeness (QED) is 0.335. The Kier molecular flexibility index (Phi) is 10.2. The Morgan fingerprint density at radius 1 is 1.10 bits per heavy atom. The number of hydrogen-bond acceptors (Lipinski definition) is 3. The minimum Gasteiger partial charge on any atom is -0.368 e. The van der Waals surface area contributed by atoms with Gasteiger partial charge in [0.15, 0.2) is 5.96 Å². The lowest BCUT2D eigenvalue weighted by Crippen LogP contribution is -2.49. The molecule has 1 amide bonds.